The maximum absolute atomic E-state index is 11.8. The van der Waals surface area contributed by atoms with Crippen LogP contribution >= 0.6 is 0 Å². The number of aryl methyl sites for hydroxylation is 1. The molecular weight excluding hydrogens is 248 g/mol. The molecule has 1 fully saturated rings. The fourth-order valence-corrected chi connectivity index (χ4v) is 3.49. The van der Waals surface area contributed by atoms with Crippen LogP contribution in [0.4, 0.5) is 0 Å². The number of hydrogen-bond acceptors (Lipinski definition) is 2. The molecule has 2 rings (SSSR count). The predicted octanol–water partition coefficient (Wildman–Crippen LogP) is 2.80. The second-order valence-corrected chi connectivity index (χ2v) is 6.18. The first-order chi connectivity index (χ1) is 9.52. The molecule has 0 radical (unpaired) electrons. The van der Waals surface area contributed by atoms with Crippen LogP contribution in [0, 0.1) is 11.8 Å². The van der Waals surface area contributed by atoms with Gasteiger partial charge in [-0.15, -0.1) is 0 Å². The van der Waals surface area contributed by atoms with Crippen LogP contribution in [0.5, 0.6) is 0 Å². The first-order valence-corrected chi connectivity index (χ1v) is 7.67. The van der Waals surface area contributed by atoms with Gasteiger partial charge < -0.3 is 11.1 Å². The van der Waals surface area contributed by atoms with E-state index in [0.29, 0.717) is 12.0 Å². The van der Waals surface area contributed by atoms with Gasteiger partial charge >= 0.3 is 0 Å². The lowest BCUT2D eigenvalue weighted by Gasteiger charge is -2.39. The van der Waals surface area contributed by atoms with E-state index in [-0.39, 0.29) is 17.9 Å². The molecule has 1 amide bonds. The molecule has 3 heteroatoms. The van der Waals surface area contributed by atoms with Crippen molar-refractivity contribution in [2.45, 2.75) is 52.1 Å². The molecule has 4 atom stereocenters. The molecule has 0 aromatic heterocycles. The van der Waals surface area contributed by atoms with Crippen molar-refractivity contribution in [2.24, 2.45) is 17.6 Å². The van der Waals surface area contributed by atoms with Crippen LogP contribution in [0.2, 0.25) is 0 Å². The van der Waals surface area contributed by atoms with Crippen LogP contribution in [0.15, 0.2) is 24.3 Å². The maximum Gasteiger partial charge on any atom is 0.222 e. The van der Waals surface area contributed by atoms with Crippen molar-refractivity contribution >= 4 is 5.91 Å². The van der Waals surface area contributed by atoms with E-state index >= 15 is 0 Å². The summed E-state index contributed by atoms with van der Waals surface area (Å²) in [6.45, 7) is 6.49. The van der Waals surface area contributed by atoms with Crippen molar-refractivity contribution < 1.29 is 4.79 Å². The second-order valence-electron chi connectivity index (χ2n) is 6.18. The fourth-order valence-electron chi connectivity index (χ4n) is 3.49. The van der Waals surface area contributed by atoms with Crippen molar-refractivity contribution in [3.63, 3.8) is 0 Å². The number of hydrogen-bond donors (Lipinski definition) is 2. The molecule has 20 heavy (non-hydrogen) atoms. The highest BCUT2D eigenvalue weighted by atomic mass is 16.1. The van der Waals surface area contributed by atoms with Gasteiger partial charge in [0.15, 0.2) is 0 Å². The molecule has 110 valence electrons. The Labute approximate surface area is 121 Å². The molecule has 1 aromatic rings. The Kier molecular flexibility index (Phi) is 4.81. The smallest absolute Gasteiger partial charge is 0.222 e. The van der Waals surface area contributed by atoms with Crippen LogP contribution in [-0.4, -0.2) is 11.9 Å². The monoisotopic (exact) mass is 274 g/mol. The number of benzene rings is 1. The zero-order valence-corrected chi connectivity index (χ0v) is 12.7. The molecule has 3 N–H and O–H groups in total. The van der Waals surface area contributed by atoms with E-state index < -0.39 is 0 Å². The maximum atomic E-state index is 11.8. The lowest BCUT2D eigenvalue weighted by atomic mass is 9.76. The summed E-state index contributed by atoms with van der Waals surface area (Å²) in [5.41, 5.74) is 8.18. The SMILES string of the molecule is CCCc1cccc(C2NC(C)CC(C)C2C(N)=O)c1. The predicted molar refractivity (Wildman–Crippen MR) is 82.2 cm³/mol. The number of carbonyl (C=O) groups is 1. The lowest BCUT2D eigenvalue weighted by molar-refractivity contribution is -0.125. The van der Waals surface area contributed by atoms with E-state index in [9.17, 15) is 4.79 Å². The number of rotatable bonds is 4. The fraction of sp³-hybridized carbons (Fsp3) is 0.588. The summed E-state index contributed by atoms with van der Waals surface area (Å²) in [6, 6.07) is 9.04. The van der Waals surface area contributed by atoms with Crippen LogP contribution in [0.1, 0.15) is 50.8 Å². The zero-order chi connectivity index (χ0) is 14.7. The Balaban J connectivity index is 2.31. The van der Waals surface area contributed by atoms with E-state index in [1.807, 2.05) is 0 Å². The molecule has 1 aliphatic heterocycles. The Bertz CT molecular complexity index is 472. The van der Waals surface area contributed by atoms with Gasteiger partial charge in [-0.25, -0.2) is 0 Å². The first kappa shape index (κ1) is 15.0. The standard InChI is InChI=1S/C17H26N2O/c1-4-6-13-7-5-8-14(10-13)16-15(17(18)20)11(2)9-12(3)19-16/h5,7-8,10-12,15-16,19H,4,6,9H2,1-3H3,(H2,18,20). The van der Waals surface area contributed by atoms with E-state index in [2.05, 4.69) is 50.4 Å². The number of carbonyl (C=O) groups excluding carboxylic acids is 1. The van der Waals surface area contributed by atoms with Gasteiger partial charge in [-0.1, -0.05) is 44.5 Å². The van der Waals surface area contributed by atoms with Gasteiger partial charge in [-0.05, 0) is 36.8 Å². The van der Waals surface area contributed by atoms with Gasteiger partial charge in [0.05, 0.1) is 5.92 Å². The zero-order valence-electron chi connectivity index (χ0n) is 12.7. The summed E-state index contributed by atoms with van der Waals surface area (Å²) < 4.78 is 0. The Morgan fingerprint density at radius 3 is 2.80 bits per heavy atom. The van der Waals surface area contributed by atoms with E-state index in [4.69, 9.17) is 5.73 Å². The minimum Gasteiger partial charge on any atom is -0.369 e. The number of nitrogens with one attached hydrogen (secondary N) is 1. The third-order valence-corrected chi connectivity index (χ3v) is 4.34. The number of nitrogens with two attached hydrogens (primary N) is 1. The summed E-state index contributed by atoms with van der Waals surface area (Å²) in [5.74, 6) is 0.00875. The highest BCUT2D eigenvalue weighted by Gasteiger charge is 2.37. The summed E-state index contributed by atoms with van der Waals surface area (Å²) in [4.78, 5) is 11.8. The van der Waals surface area contributed by atoms with Crippen LogP contribution in [-0.2, 0) is 11.2 Å². The van der Waals surface area contributed by atoms with Crippen molar-refractivity contribution in [3.05, 3.63) is 35.4 Å². The van der Waals surface area contributed by atoms with Gasteiger partial charge in [0, 0.05) is 12.1 Å². The number of piperidine rings is 1. The molecule has 0 aliphatic carbocycles. The Morgan fingerprint density at radius 1 is 1.40 bits per heavy atom. The van der Waals surface area contributed by atoms with E-state index in [0.717, 1.165) is 19.3 Å². The van der Waals surface area contributed by atoms with Crippen molar-refractivity contribution in [1.29, 1.82) is 0 Å². The third-order valence-electron chi connectivity index (χ3n) is 4.34. The van der Waals surface area contributed by atoms with E-state index in [1.165, 1.54) is 11.1 Å². The van der Waals surface area contributed by atoms with Gasteiger partial charge in [0.25, 0.3) is 0 Å². The van der Waals surface area contributed by atoms with Crippen LogP contribution in [0.25, 0.3) is 0 Å². The molecule has 1 aliphatic rings. The van der Waals surface area contributed by atoms with Gasteiger partial charge in [-0.3, -0.25) is 4.79 Å². The molecule has 4 unspecified atom stereocenters. The average Bonchev–Trinajstić information content (AvgIpc) is 2.38. The van der Waals surface area contributed by atoms with Crippen molar-refractivity contribution in [1.82, 2.24) is 5.32 Å². The molecular formula is C17H26N2O. The summed E-state index contributed by atoms with van der Waals surface area (Å²) in [7, 11) is 0. The largest absolute Gasteiger partial charge is 0.369 e. The quantitative estimate of drug-likeness (QED) is 0.887. The average molecular weight is 274 g/mol. The normalized spacial score (nSPS) is 30.1. The van der Waals surface area contributed by atoms with Gasteiger partial charge in [0.1, 0.15) is 0 Å². The molecule has 0 saturated carbocycles. The molecule has 3 nitrogen and oxygen atoms in total. The molecule has 1 heterocycles. The van der Waals surface area contributed by atoms with Gasteiger partial charge in [-0.2, -0.15) is 0 Å². The first-order valence-electron chi connectivity index (χ1n) is 7.67. The summed E-state index contributed by atoms with van der Waals surface area (Å²) >= 11 is 0. The van der Waals surface area contributed by atoms with E-state index in [1.54, 1.807) is 0 Å². The van der Waals surface area contributed by atoms with Crippen molar-refractivity contribution in [3.8, 4) is 0 Å². The highest BCUT2D eigenvalue weighted by molar-refractivity contribution is 5.78. The van der Waals surface area contributed by atoms with Crippen molar-refractivity contribution in [2.75, 3.05) is 0 Å². The topological polar surface area (TPSA) is 55.1 Å². The van der Waals surface area contributed by atoms with Gasteiger partial charge in [0.2, 0.25) is 5.91 Å². The number of primary amides is 1. The minimum atomic E-state index is -0.192. The second kappa shape index (κ2) is 6.40. The van der Waals surface area contributed by atoms with Crippen LogP contribution in [0.3, 0.4) is 0 Å². The molecule has 1 saturated heterocycles. The van der Waals surface area contributed by atoms with Crippen LogP contribution < -0.4 is 11.1 Å². The highest BCUT2D eigenvalue weighted by Crippen LogP contribution is 2.35. The molecule has 0 bridgehead atoms. The third kappa shape index (κ3) is 3.21. The summed E-state index contributed by atoms with van der Waals surface area (Å²) in [6.07, 6.45) is 3.21. The Morgan fingerprint density at radius 2 is 2.15 bits per heavy atom. The molecule has 0 spiro atoms. The lowest BCUT2D eigenvalue weighted by Crippen LogP contribution is -2.49. The minimum absolute atomic E-state index is 0.0445. The molecule has 1 aromatic carbocycles. The number of amides is 1. The summed E-state index contributed by atoms with van der Waals surface area (Å²) in [5, 5.41) is 3.56. The Hall–Kier alpha value is -1.35.